The van der Waals surface area contributed by atoms with E-state index in [1.165, 1.54) is 23.1 Å². The second-order valence-electron chi connectivity index (χ2n) is 8.70. The molecule has 0 unspecified atom stereocenters. The molecule has 1 heterocycles. The smallest absolute Gasteiger partial charge is 0.269 e. The minimum Gasteiger partial charge on any atom is -0.354 e. The highest BCUT2D eigenvalue weighted by atomic mass is 32.2. The van der Waals surface area contributed by atoms with Gasteiger partial charge in [0, 0.05) is 13.1 Å². The van der Waals surface area contributed by atoms with E-state index in [1.807, 2.05) is 44.2 Å². The van der Waals surface area contributed by atoms with Crippen molar-refractivity contribution in [2.24, 2.45) is 5.92 Å². The van der Waals surface area contributed by atoms with Crippen LogP contribution >= 0.6 is 0 Å². The first-order valence-corrected chi connectivity index (χ1v) is 12.9. The molecule has 2 aromatic rings. The molecule has 1 aliphatic rings. The minimum absolute atomic E-state index is 0.0489. The maximum atomic E-state index is 13.4. The molecule has 34 heavy (non-hydrogen) atoms. The topological polar surface area (TPSA) is 104 Å². The third-order valence-electron chi connectivity index (χ3n) is 5.75. The molecule has 0 fully saturated rings. The third kappa shape index (κ3) is 5.47. The Kier molecular flexibility index (Phi) is 8.09. The van der Waals surface area contributed by atoms with Gasteiger partial charge in [0.05, 0.1) is 5.56 Å². The molecule has 0 aliphatic carbocycles. The summed E-state index contributed by atoms with van der Waals surface area (Å²) in [5, 5.41) is 2.87. The number of hydrogen-bond acceptors (Lipinski definition) is 5. The van der Waals surface area contributed by atoms with E-state index in [1.54, 1.807) is 13.0 Å². The van der Waals surface area contributed by atoms with E-state index in [0.29, 0.717) is 23.7 Å². The fourth-order valence-corrected chi connectivity index (χ4v) is 5.44. The molecular formula is C25H31N3O5S. The third-order valence-corrected chi connectivity index (χ3v) is 7.53. The first-order valence-electron chi connectivity index (χ1n) is 11.4. The van der Waals surface area contributed by atoms with Crippen LogP contribution in [0.5, 0.6) is 0 Å². The molecule has 0 saturated heterocycles. The van der Waals surface area contributed by atoms with Gasteiger partial charge in [-0.25, -0.2) is 12.7 Å². The Morgan fingerprint density at radius 3 is 2.29 bits per heavy atom. The van der Waals surface area contributed by atoms with E-state index in [-0.39, 0.29) is 28.8 Å². The fourth-order valence-electron chi connectivity index (χ4n) is 3.92. The maximum Gasteiger partial charge on any atom is 0.269 e. The SMILES string of the molecule is CC[C@@H](C(=O)NCC(C)C)N(CCc1ccccc1)C(=O)CN1C(=O)c2ccccc2S1(=O)=O. The van der Waals surface area contributed by atoms with Crippen LogP contribution in [0.3, 0.4) is 0 Å². The predicted molar refractivity (Wildman–Crippen MR) is 128 cm³/mol. The molecule has 1 aliphatic heterocycles. The molecule has 0 saturated carbocycles. The average molecular weight is 486 g/mol. The lowest BCUT2D eigenvalue weighted by Crippen LogP contribution is -2.53. The molecule has 0 radical (unpaired) electrons. The highest BCUT2D eigenvalue weighted by molar-refractivity contribution is 7.90. The van der Waals surface area contributed by atoms with Crippen LogP contribution < -0.4 is 5.32 Å². The minimum atomic E-state index is -4.13. The van der Waals surface area contributed by atoms with Crippen molar-refractivity contribution in [2.45, 2.75) is 44.6 Å². The van der Waals surface area contributed by atoms with Gasteiger partial charge in [0.2, 0.25) is 11.8 Å². The van der Waals surface area contributed by atoms with Crippen molar-refractivity contribution in [2.75, 3.05) is 19.6 Å². The van der Waals surface area contributed by atoms with Crippen LogP contribution in [0.4, 0.5) is 0 Å². The normalized spacial score (nSPS) is 15.2. The Labute approximate surface area is 201 Å². The predicted octanol–water partition coefficient (Wildman–Crippen LogP) is 2.45. The number of nitrogens with zero attached hydrogens (tertiary/aromatic N) is 2. The summed E-state index contributed by atoms with van der Waals surface area (Å²) in [6.45, 7) is 5.77. The van der Waals surface area contributed by atoms with Crippen molar-refractivity contribution in [3.8, 4) is 0 Å². The first kappa shape index (κ1) is 25.4. The van der Waals surface area contributed by atoms with E-state index in [0.717, 1.165) is 5.56 Å². The number of hydrogen-bond donors (Lipinski definition) is 1. The molecule has 3 amide bonds. The quantitative estimate of drug-likeness (QED) is 0.557. The zero-order chi connectivity index (χ0) is 24.9. The van der Waals surface area contributed by atoms with Gasteiger partial charge in [-0.2, -0.15) is 0 Å². The maximum absolute atomic E-state index is 13.4. The van der Waals surface area contributed by atoms with Gasteiger partial charge >= 0.3 is 0 Å². The Hall–Kier alpha value is -3.20. The van der Waals surface area contributed by atoms with E-state index >= 15 is 0 Å². The van der Waals surface area contributed by atoms with Crippen LogP contribution in [0.1, 0.15) is 43.1 Å². The number of benzene rings is 2. The second-order valence-corrected chi connectivity index (χ2v) is 10.5. The van der Waals surface area contributed by atoms with Gasteiger partial charge in [0.1, 0.15) is 17.5 Å². The van der Waals surface area contributed by atoms with Gasteiger partial charge in [-0.05, 0) is 36.5 Å². The van der Waals surface area contributed by atoms with Gasteiger partial charge in [0.25, 0.3) is 15.9 Å². The molecule has 1 N–H and O–H groups in total. The van der Waals surface area contributed by atoms with Crippen molar-refractivity contribution in [1.29, 1.82) is 0 Å². The van der Waals surface area contributed by atoms with Crippen molar-refractivity contribution in [3.05, 3.63) is 65.7 Å². The summed E-state index contributed by atoms with van der Waals surface area (Å²) in [6, 6.07) is 14.6. The molecule has 182 valence electrons. The first-order chi connectivity index (χ1) is 16.2. The number of carbonyl (C=O) groups is 3. The summed E-state index contributed by atoms with van der Waals surface area (Å²) in [7, 11) is -4.13. The highest BCUT2D eigenvalue weighted by Crippen LogP contribution is 2.30. The van der Waals surface area contributed by atoms with E-state index in [4.69, 9.17) is 0 Å². The molecule has 1 atom stereocenters. The van der Waals surface area contributed by atoms with Gasteiger partial charge < -0.3 is 10.2 Å². The molecule has 0 spiro atoms. The van der Waals surface area contributed by atoms with Crippen LogP contribution in [0, 0.1) is 5.92 Å². The van der Waals surface area contributed by atoms with Crippen molar-refractivity contribution >= 4 is 27.7 Å². The van der Waals surface area contributed by atoms with Crippen molar-refractivity contribution < 1.29 is 22.8 Å². The number of carbonyl (C=O) groups excluding carboxylic acids is 3. The summed E-state index contributed by atoms with van der Waals surface area (Å²) in [6.07, 6.45) is 0.840. The standard InChI is InChI=1S/C25H31N3O5S/c1-4-21(24(30)26-16-18(2)3)27(15-14-19-10-6-5-7-11-19)23(29)17-28-25(31)20-12-8-9-13-22(20)34(28,32)33/h5-13,18,21H,4,14-17H2,1-3H3,(H,26,30)/t21-/m0/s1. The molecule has 0 aromatic heterocycles. The number of rotatable bonds is 10. The molecule has 2 aromatic carbocycles. The highest BCUT2D eigenvalue weighted by Gasteiger charge is 2.43. The number of sulfonamides is 1. The van der Waals surface area contributed by atoms with Crippen LogP contribution in [0.15, 0.2) is 59.5 Å². The lowest BCUT2D eigenvalue weighted by molar-refractivity contribution is -0.140. The van der Waals surface area contributed by atoms with Gasteiger partial charge in [-0.1, -0.05) is 63.2 Å². The molecule has 0 bridgehead atoms. The van der Waals surface area contributed by atoms with Crippen LogP contribution in [-0.2, 0) is 26.0 Å². The molecule has 9 heteroatoms. The molecule has 8 nitrogen and oxygen atoms in total. The monoisotopic (exact) mass is 485 g/mol. The number of amides is 3. The second kappa shape index (κ2) is 10.8. The number of fused-ring (bicyclic) bond motifs is 1. The summed E-state index contributed by atoms with van der Waals surface area (Å²) < 4.78 is 26.5. The van der Waals surface area contributed by atoms with Gasteiger partial charge in [-0.3, -0.25) is 14.4 Å². The van der Waals surface area contributed by atoms with Gasteiger partial charge in [-0.15, -0.1) is 0 Å². The van der Waals surface area contributed by atoms with Crippen molar-refractivity contribution in [3.63, 3.8) is 0 Å². The Bertz CT molecular complexity index is 1150. The summed E-state index contributed by atoms with van der Waals surface area (Å²) in [5.41, 5.74) is 1.03. The Morgan fingerprint density at radius 1 is 1.03 bits per heavy atom. The fraction of sp³-hybridized carbons (Fsp3) is 0.400. The zero-order valence-corrected chi connectivity index (χ0v) is 20.5. The Morgan fingerprint density at radius 2 is 1.68 bits per heavy atom. The molecule has 3 rings (SSSR count). The van der Waals surface area contributed by atoms with E-state index in [2.05, 4.69) is 5.32 Å². The lowest BCUT2D eigenvalue weighted by atomic mass is 10.1. The lowest BCUT2D eigenvalue weighted by Gasteiger charge is -2.32. The van der Waals surface area contributed by atoms with Gasteiger partial charge in [0.15, 0.2) is 0 Å². The summed E-state index contributed by atoms with van der Waals surface area (Å²) in [5.74, 6) is -1.38. The van der Waals surface area contributed by atoms with Crippen molar-refractivity contribution in [1.82, 2.24) is 14.5 Å². The summed E-state index contributed by atoms with van der Waals surface area (Å²) in [4.78, 5) is 40.5. The summed E-state index contributed by atoms with van der Waals surface area (Å²) >= 11 is 0. The van der Waals surface area contributed by atoms with Crippen LogP contribution in [0.25, 0.3) is 0 Å². The zero-order valence-electron chi connectivity index (χ0n) is 19.7. The average Bonchev–Trinajstić information content (AvgIpc) is 3.01. The molecular weight excluding hydrogens is 454 g/mol. The van der Waals surface area contributed by atoms with E-state index in [9.17, 15) is 22.8 Å². The van der Waals surface area contributed by atoms with Crippen LogP contribution in [-0.4, -0.2) is 61.0 Å². The Balaban J connectivity index is 1.85. The van der Waals surface area contributed by atoms with E-state index < -0.39 is 34.4 Å². The van der Waals surface area contributed by atoms with Crippen LogP contribution in [0.2, 0.25) is 0 Å². The largest absolute Gasteiger partial charge is 0.354 e. The number of nitrogens with one attached hydrogen (secondary N) is 1.